The van der Waals surface area contributed by atoms with Gasteiger partial charge >= 0.3 is 0 Å². The van der Waals surface area contributed by atoms with Crippen molar-refractivity contribution in [2.45, 2.75) is 26.3 Å². The highest BCUT2D eigenvalue weighted by Crippen LogP contribution is 2.23. The number of nitrogens with zero attached hydrogens (tertiary/aromatic N) is 1. The van der Waals surface area contributed by atoms with Crippen molar-refractivity contribution in [3.8, 4) is 0 Å². The van der Waals surface area contributed by atoms with E-state index in [4.69, 9.17) is 5.84 Å². The molecule has 0 fully saturated rings. The minimum absolute atomic E-state index is 0.230. The van der Waals surface area contributed by atoms with Crippen LogP contribution in [0.1, 0.15) is 27.9 Å². The summed E-state index contributed by atoms with van der Waals surface area (Å²) >= 11 is 1.57. The van der Waals surface area contributed by atoms with E-state index in [1.807, 2.05) is 25.3 Å². The summed E-state index contributed by atoms with van der Waals surface area (Å²) in [4.78, 5) is 4.37. The summed E-state index contributed by atoms with van der Waals surface area (Å²) in [5, 5.41) is 2.93. The van der Waals surface area contributed by atoms with Crippen LogP contribution >= 0.6 is 11.3 Å². The van der Waals surface area contributed by atoms with Gasteiger partial charge in [-0.2, -0.15) is 0 Å². The fourth-order valence-electron chi connectivity index (χ4n) is 1.84. The Labute approximate surface area is 110 Å². The molecule has 1 aromatic heterocycles. The van der Waals surface area contributed by atoms with E-state index in [0.717, 1.165) is 16.3 Å². The van der Waals surface area contributed by atoms with Crippen LogP contribution in [0.4, 0.5) is 4.39 Å². The molecule has 0 spiro atoms. The topological polar surface area (TPSA) is 50.9 Å². The highest BCUT2D eigenvalue weighted by molar-refractivity contribution is 7.09. The average molecular weight is 265 g/mol. The molecule has 3 nitrogen and oxygen atoms in total. The first-order chi connectivity index (χ1) is 8.60. The molecule has 0 bridgehead atoms. The number of halogens is 1. The largest absolute Gasteiger partial charge is 0.271 e. The fraction of sp³-hybridized carbons (Fsp3) is 0.308. The summed E-state index contributed by atoms with van der Waals surface area (Å²) in [6, 6.07) is 4.93. The lowest BCUT2D eigenvalue weighted by Crippen LogP contribution is -2.30. The zero-order valence-corrected chi connectivity index (χ0v) is 11.2. The smallest absolute Gasteiger partial charge is 0.128 e. The van der Waals surface area contributed by atoms with E-state index in [0.29, 0.717) is 12.0 Å². The molecule has 0 radical (unpaired) electrons. The molecule has 1 atom stereocenters. The Hall–Kier alpha value is -1.30. The van der Waals surface area contributed by atoms with Gasteiger partial charge in [0.05, 0.1) is 11.0 Å². The first kappa shape index (κ1) is 13.1. The summed E-state index contributed by atoms with van der Waals surface area (Å²) < 4.78 is 13.9. The quantitative estimate of drug-likeness (QED) is 0.660. The number of nitrogens with two attached hydrogens (primary N) is 1. The second kappa shape index (κ2) is 5.56. The van der Waals surface area contributed by atoms with Gasteiger partial charge in [0.25, 0.3) is 0 Å². The summed E-state index contributed by atoms with van der Waals surface area (Å²) in [5.41, 5.74) is 5.12. The van der Waals surface area contributed by atoms with E-state index in [9.17, 15) is 4.39 Å². The van der Waals surface area contributed by atoms with Crippen LogP contribution in [0.2, 0.25) is 0 Å². The average Bonchev–Trinajstić information content (AvgIpc) is 2.72. The van der Waals surface area contributed by atoms with Gasteiger partial charge < -0.3 is 0 Å². The first-order valence-electron chi connectivity index (χ1n) is 5.73. The van der Waals surface area contributed by atoms with E-state index < -0.39 is 0 Å². The van der Waals surface area contributed by atoms with Crippen LogP contribution in [0.25, 0.3) is 0 Å². The van der Waals surface area contributed by atoms with Gasteiger partial charge in [0.15, 0.2) is 0 Å². The lowest BCUT2D eigenvalue weighted by molar-refractivity contribution is 0.509. The monoisotopic (exact) mass is 265 g/mol. The zero-order valence-electron chi connectivity index (χ0n) is 10.4. The maximum Gasteiger partial charge on any atom is 0.128 e. The number of hydrogen-bond acceptors (Lipinski definition) is 4. The standard InChI is InChI=1S/C13H16FN3S/c1-8-3-4-10(11(14)5-8)12(17-15)6-13-16-9(2)7-18-13/h3-5,7,12,17H,6,15H2,1-2H3. The third kappa shape index (κ3) is 2.93. The molecular weight excluding hydrogens is 249 g/mol. The SMILES string of the molecule is Cc1ccc(C(Cc2nc(C)cs2)NN)c(F)c1. The van der Waals surface area contributed by atoms with Crippen LogP contribution in [-0.2, 0) is 6.42 Å². The molecule has 5 heteroatoms. The minimum atomic E-state index is -0.254. The van der Waals surface area contributed by atoms with Crippen molar-refractivity contribution in [1.82, 2.24) is 10.4 Å². The maximum atomic E-state index is 13.9. The van der Waals surface area contributed by atoms with Crippen molar-refractivity contribution in [3.63, 3.8) is 0 Å². The number of hydrogen-bond donors (Lipinski definition) is 2. The van der Waals surface area contributed by atoms with Gasteiger partial charge in [0.1, 0.15) is 5.82 Å². The van der Waals surface area contributed by atoms with Gasteiger partial charge in [-0.3, -0.25) is 11.3 Å². The highest BCUT2D eigenvalue weighted by atomic mass is 32.1. The van der Waals surface area contributed by atoms with Crippen molar-refractivity contribution in [2.75, 3.05) is 0 Å². The number of aromatic nitrogens is 1. The Morgan fingerprint density at radius 3 is 2.78 bits per heavy atom. The van der Waals surface area contributed by atoms with Crippen LogP contribution in [0.3, 0.4) is 0 Å². The molecule has 1 aromatic carbocycles. The lowest BCUT2D eigenvalue weighted by atomic mass is 10.0. The Bertz CT molecular complexity index is 539. The first-order valence-corrected chi connectivity index (χ1v) is 6.61. The molecule has 0 aliphatic heterocycles. The molecule has 0 aliphatic rings. The molecule has 2 rings (SSSR count). The van der Waals surface area contributed by atoms with Gasteiger partial charge in [-0.1, -0.05) is 12.1 Å². The highest BCUT2D eigenvalue weighted by Gasteiger charge is 2.16. The molecule has 0 aliphatic carbocycles. The molecule has 2 aromatic rings. The van der Waals surface area contributed by atoms with Gasteiger partial charge in [0.2, 0.25) is 0 Å². The van der Waals surface area contributed by atoms with Gasteiger partial charge in [-0.05, 0) is 25.5 Å². The summed E-state index contributed by atoms with van der Waals surface area (Å²) in [7, 11) is 0. The summed E-state index contributed by atoms with van der Waals surface area (Å²) in [6.07, 6.45) is 0.592. The van der Waals surface area contributed by atoms with E-state index >= 15 is 0 Å². The Balaban J connectivity index is 2.22. The van der Waals surface area contributed by atoms with Crippen LogP contribution < -0.4 is 11.3 Å². The number of thiazole rings is 1. The van der Waals surface area contributed by atoms with E-state index in [2.05, 4.69) is 10.4 Å². The summed E-state index contributed by atoms with van der Waals surface area (Å²) in [5.74, 6) is 5.30. The maximum absolute atomic E-state index is 13.9. The molecule has 0 saturated carbocycles. The number of nitrogens with one attached hydrogen (secondary N) is 1. The second-order valence-corrected chi connectivity index (χ2v) is 5.27. The molecular formula is C13H16FN3S. The van der Waals surface area contributed by atoms with Gasteiger partial charge in [-0.25, -0.2) is 9.37 Å². The molecule has 1 heterocycles. The third-order valence-electron chi connectivity index (χ3n) is 2.78. The number of aryl methyl sites for hydroxylation is 2. The van der Waals surface area contributed by atoms with Crippen molar-refractivity contribution < 1.29 is 4.39 Å². The van der Waals surface area contributed by atoms with Crippen molar-refractivity contribution in [2.24, 2.45) is 5.84 Å². The van der Waals surface area contributed by atoms with Crippen molar-refractivity contribution in [1.29, 1.82) is 0 Å². The molecule has 0 amide bonds. The molecule has 96 valence electrons. The molecule has 1 unspecified atom stereocenters. The molecule has 3 N–H and O–H groups in total. The minimum Gasteiger partial charge on any atom is -0.271 e. The Kier molecular flexibility index (Phi) is 4.06. The van der Waals surface area contributed by atoms with Crippen LogP contribution in [0.5, 0.6) is 0 Å². The number of benzene rings is 1. The van der Waals surface area contributed by atoms with Gasteiger partial charge in [-0.15, -0.1) is 11.3 Å². The van der Waals surface area contributed by atoms with E-state index in [-0.39, 0.29) is 11.9 Å². The van der Waals surface area contributed by atoms with Gasteiger partial charge in [0, 0.05) is 23.1 Å². The molecule has 0 saturated heterocycles. The lowest BCUT2D eigenvalue weighted by Gasteiger charge is -2.16. The second-order valence-electron chi connectivity index (χ2n) is 4.33. The zero-order chi connectivity index (χ0) is 13.1. The molecule has 18 heavy (non-hydrogen) atoms. The Morgan fingerprint density at radius 1 is 1.44 bits per heavy atom. The van der Waals surface area contributed by atoms with Crippen LogP contribution in [0.15, 0.2) is 23.6 Å². The summed E-state index contributed by atoms with van der Waals surface area (Å²) in [6.45, 7) is 3.80. The number of hydrazine groups is 1. The predicted octanol–water partition coefficient (Wildman–Crippen LogP) is 2.65. The third-order valence-corrected chi connectivity index (χ3v) is 3.77. The van der Waals surface area contributed by atoms with Crippen LogP contribution in [-0.4, -0.2) is 4.98 Å². The fourth-order valence-corrected chi connectivity index (χ4v) is 2.66. The predicted molar refractivity (Wildman–Crippen MR) is 71.8 cm³/mol. The van der Waals surface area contributed by atoms with Crippen molar-refractivity contribution >= 4 is 11.3 Å². The normalized spacial score (nSPS) is 12.7. The Morgan fingerprint density at radius 2 is 2.22 bits per heavy atom. The van der Waals surface area contributed by atoms with E-state index in [1.54, 1.807) is 17.4 Å². The van der Waals surface area contributed by atoms with E-state index in [1.165, 1.54) is 6.07 Å². The van der Waals surface area contributed by atoms with Crippen molar-refractivity contribution in [3.05, 3.63) is 51.2 Å². The number of rotatable bonds is 4. The van der Waals surface area contributed by atoms with Crippen LogP contribution in [0, 0.1) is 19.7 Å².